The normalized spacial score (nSPS) is 17.0. The molecule has 1 aliphatic carbocycles. The van der Waals surface area contributed by atoms with Gasteiger partial charge in [-0.1, -0.05) is 133 Å². The SMILES string of the molecule is C=CC(=O)N1CC(C)N(c2nc(=O)n(-c3c(C)ccnc3C(C)C)c3nc(-c4ccccc4N(C)C(C)=O)c(Cl)cc23)CC1C.C=CC(=O)N1CC(C)N(c2nc(=O)n(-c3c(N(C)C)ccnc3C(C)C)c3nc(-c4c(F)cccc4NC(=O)C4CC4)c(Cl)cc23)CC1C.C=CC(=O)N1CC(C)N(c2nc(=O)n(-c3c(N(C)C)ccnc3C(C)C)c3nc(-c4c(F)cccc4NC(=O)CC)c(Cl)cc23)CC1C. The predicted octanol–water partition coefficient (Wildman–Crippen LogP) is 17.1. The molecule has 6 atom stereocenters. The van der Waals surface area contributed by atoms with Gasteiger partial charge in [0.2, 0.25) is 35.4 Å². The number of anilines is 8. The van der Waals surface area contributed by atoms with Crippen molar-refractivity contribution in [2.24, 2.45) is 5.92 Å². The molecule has 12 heterocycles. The Hall–Kier alpha value is -14.3. The lowest BCUT2D eigenvalue weighted by molar-refractivity contribution is -0.129. The third-order valence-corrected chi connectivity index (χ3v) is 27.0. The number of hydrogen-bond donors (Lipinski definition) is 2. The number of benzene rings is 3. The minimum atomic E-state index is -0.649. The Balaban J connectivity index is 0.000000169. The molecule has 32 nitrogen and oxygen atoms in total. The maximum Gasteiger partial charge on any atom is 0.355 e. The van der Waals surface area contributed by atoms with E-state index in [-0.39, 0.29) is 157 Å². The highest BCUT2D eigenvalue weighted by Crippen LogP contribution is 2.46. The molecule has 6 unspecified atom stereocenters. The molecule has 0 radical (unpaired) electrons. The topological polar surface area (TPSA) is 338 Å². The van der Waals surface area contributed by atoms with E-state index < -0.39 is 28.7 Å². The molecule has 4 fully saturated rings. The summed E-state index contributed by atoms with van der Waals surface area (Å²) >= 11 is 21.0. The maximum absolute atomic E-state index is 15.8. The van der Waals surface area contributed by atoms with Gasteiger partial charge in [0.15, 0.2) is 16.9 Å². The highest BCUT2D eigenvalue weighted by Gasteiger charge is 2.41. The van der Waals surface area contributed by atoms with Gasteiger partial charge in [0.05, 0.1) is 122 Å². The molecule has 0 bridgehead atoms. The predicted molar refractivity (Wildman–Crippen MR) is 560 cm³/mol. The van der Waals surface area contributed by atoms with Crippen molar-refractivity contribution in [1.82, 2.24) is 73.3 Å². The van der Waals surface area contributed by atoms with Gasteiger partial charge in [-0.05, 0) is 170 Å². The summed E-state index contributed by atoms with van der Waals surface area (Å²) < 4.78 is 35.9. The van der Waals surface area contributed by atoms with Gasteiger partial charge in [0, 0.05) is 154 Å². The Labute approximate surface area is 837 Å². The summed E-state index contributed by atoms with van der Waals surface area (Å²) in [6.45, 7) is 42.1. The number of nitrogens with one attached hydrogen (secondary N) is 2. The van der Waals surface area contributed by atoms with Crippen molar-refractivity contribution in [1.29, 1.82) is 0 Å². The van der Waals surface area contributed by atoms with E-state index in [9.17, 15) is 43.2 Å². The molecular weight excluding hydrogens is 1870 g/mol. The number of para-hydroxylation sites is 1. The van der Waals surface area contributed by atoms with E-state index in [4.69, 9.17) is 49.8 Å². The van der Waals surface area contributed by atoms with Crippen molar-refractivity contribution in [2.45, 2.75) is 177 Å². The van der Waals surface area contributed by atoms with Gasteiger partial charge in [0.25, 0.3) is 0 Å². The van der Waals surface area contributed by atoms with Gasteiger partial charge >= 0.3 is 17.1 Å². The Bertz CT molecular complexity index is 7190. The summed E-state index contributed by atoms with van der Waals surface area (Å²) in [6.07, 6.45) is 10.8. The first-order valence-electron chi connectivity index (χ1n) is 47.3. The Morgan fingerprint density at radius 2 is 0.810 bits per heavy atom. The van der Waals surface area contributed by atoms with Crippen LogP contribution >= 0.6 is 34.8 Å². The molecule has 12 aromatic rings. The second kappa shape index (κ2) is 42.7. The van der Waals surface area contributed by atoms with Gasteiger partial charge in [-0.15, -0.1) is 0 Å². The van der Waals surface area contributed by atoms with Gasteiger partial charge in [-0.3, -0.25) is 43.7 Å². The third kappa shape index (κ3) is 20.4. The number of pyridine rings is 6. The van der Waals surface area contributed by atoms with Crippen LogP contribution in [0.15, 0.2) is 168 Å². The number of carbonyl (C=O) groups excluding carboxylic acids is 6. The molecule has 1 saturated carbocycles. The smallest absolute Gasteiger partial charge is 0.355 e. The second-order valence-electron chi connectivity index (χ2n) is 37.7. The second-order valence-corrected chi connectivity index (χ2v) is 38.9. The number of piperazine rings is 3. The zero-order chi connectivity index (χ0) is 103. The zero-order valence-corrected chi connectivity index (χ0v) is 85.7. The summed E-state index contributed by atoms with van der Waals surface area (Å²) in [7, 11) is 9.16. The van der Waals surface area contributed by atoms with Crippen LogP contribution in [0.25, 0.3) is 83.9 Å². The van der Waals surface area contributed by atoms with Crippen molar-refractivity contribution in [3.63, 3.8) is 0 Å². The van der Waals surface area contributed by atoms with Gasteiger partial charge in [-0.2, -0.15) is 15.0 Å². The largest absolute Gasteiger partial charge is 0.376 e. The molecule has 142 heavy (non-hydrogen) atoms. The maximum atomic E-state index is 15.8. The quantitative estimate of drug-likeness (QED) is 0.0595. The third-order valence-electron chi connectivity index (χ3n) is 26.1. The number of carbonyl (C=O) groups is 6. The van der Waals surface area contributed by atoms with Crippen LogP contribution in [0.4, 0.5) is 54.7 Å². The van der Waals surface area contributed by atoms with Crippen LogP contribution in [0.5, 0.6) is 0 Å². The van der Waals surface area contributed by atoms with Crippen LogP contribution in [0.3, 0.4) is 0 Å². The lowest BCUT2D eigenvalue weighted by atomic mass is 10.0. The van der Waals surface area contributed by atoms with Crippen molar-refractivity contribution >= 4 is 149 Å². The summed E-state index contributed by atoms with van der Waals surface area (Å²) in [5, 5.41) is 7.65. The van der Waals surface area contributed by atoms with E-state index in [0.717, 1.165) is 24.1 Å². The summed E-state index contributed by atoms with van der Waals surface area (Å²) in [5.41, 5.74) is 7.14. The number of aromatic nitrogens is 12. The highest BCUT2D eigenvalue weighted by atomic mass is 35.5. The Morgan fingerprint density at radius 1 is 0.458 bits per heavy atom. The number of aryl methyl sites for hydroxylation is 1. The Kier molecular flexibility index (Phi) is 31.1. The van der Waals surface area contributed by atoms with Crippen molar-refractivity contribution in [3.8, 4) is 50.8 Å². The van der Waals surface area contributed by atoms with Gasteiger partial charge < -0.3 is 54.7 Å². The van der Waals surface area contributed by atoms with Gasteiger partial charge in [0.1, 0.15) is 29.1 Å². The molecule has 2 N–H and O–H groups in total. The Morgan fingerprint density at radius 3 is 1.17 bits per heavy atom. The molecule has 9 aromatic heterocycles. The zero-order valence-electron chi connectivity index (χ0n) is 83.4. The van der Waals surface area contributed by atoms with E-state index >= 15 is 8.78 Å². The van der Waals surface area contributed by atoms with E-state index in [1.807, 2.05) is 179 Å². The summed E-state index contributed by atoms with van der Waals surface area (Å²) in [4.78, 5) is 178. The standard InChI is InChI=1S/C36H40ClFN8O3.C35H40ClFN8O3.C34H38ClN7O3/c1-8-28(47)44-17-21(5)45(18-20(44)4)33-23-16-24(37)31(29-25(38)10-9-11-26(29)40-35(48)22-12-13-22)41-34(23)46(36(49)42-33)32-27(43(6)7)14-15-39-30(32)19(2)3;1-9-27(46)39-25-13-11-12-24(37)29(25)31-23(36)16-22-33(44-18-20(5)43(17-21(44)6)28(47)10-2)41-35(48)45(34(22)40-31)32-26(42(7)8)14-15-38-30(32)19(3)4;1-9-28(44)40-17-22(6)41(18-21(40)5)32-25-16-26(35)30(24-12-10-11-13-27(24)39(8)23(7)43)37-33(25)42(34(45)38-32)31-20(4)14-15-36-29(31)19(2)3/h8-11,14-16,19-22H,1,12-13,17-18H2,2-7H3,(H,40,48);10-16,19-21H,2,9,17-18H2,1,3-8H3,(H,39,46);9-16,19,21-22H,1,17-18H2,2-8H3. The summed E-state index contributed by atoms with van der Waals surface area (Å²) in [5.74, 6) is -1.59. The monoisotopic (exact) mass is 1990 g/mol. The highest BCUT2D eigenvalue weighted by molar-refractivity contribution is 6.35. The molecule has 3 aliphatic heterocycles. The van der Waals surface area contributed by atoms with Crippen LogP contribution in [0.1, 0.15) is 157 Å². The van der Waals surface area contributed by atoms with Crippen molar-refractivity contribution in [2.75, 3.05) is 115 Å². The van der Waals surface area contributed by atoms with Crippen LogP contribution in [0.2, 0.25) is 15.1 Å². The van der Waals surface area contributed by atoms with Gasteiger partial charge in [-0.25, -0.2) is 51.8 Å². The van der Waals surface area contributed by atoms with Crippen LogP contribution in [-0.2, 0) is 28.8 Å². The number of nitrogens with zero attached hydrogens (tertiary/aromatic N) is 21. The van der Waals surface area contributed by atoms with Crippen LogP contribution in [0, 0.1) is 24.5 Å². The van der Waals surface area contributed by atoms with Crippen LogP contribution < -0.4 is 57.1 Å². The first-order chi connectivity index (χ1) is 67.4. The lowest BCUT2D eigenvalue weighted by Gasteiger charge is -2.44. The molecule has 3 aromatic carbocycles. The summed E-state index contributed by atoms with van der Waals surface area (Å²) in [6, 6.07) is 25.5. The first kappa shape index (κ1) is 104. The fourth-order valence-corrected chi connectivity index (χ4v) is 19.3. The minimum absolute atomic E-state index is 0.00888. The average molecular weight is 1990 g/mol. The molecular formula is C105H118Cl3F2N23O9. The van der Waals surface area contributed by atoms with E-state index in [2.05, 4.69) is 60.3 Å². The molecule has 0 spiro atoms. The number of amides is 6. The molecule has 3 saturated heterocycles. The van der Waals surface area contributed by atoms with Crippen molar-refractivity contribution in [3.05, 3.63) is 234 Å². The molecule has 37 heteroatoms. The molecule has 6 amide bonds. The molecule has 4 aliphatic rings. The number of hydrogen-bond acceptors (Lipinski definition) is 23. The fourth-order valence-electron chi connectivity index (χ4n) is 18.6. The van der Waals surface area contributed by atoms with Crippen LogP contribution in [-0.4, -0.2) is 219 Å². The number of fused-ring (bicyclic) bond motifs is 3. The first-order valence-corrected chi connectivity index (χ1v) is 48.4. The fraction of sp³-hybridized carbons (Fsp3) is 0.371. The van der Waals surface area contributed by atoms with E-state index in [1.54, 1.807) is 83.7 Å². The average Bonchev–Trinajstić information content (AvgIpc) is 1.24. The number of halogens is 5. The molecule has 16 rings (SSSR count). The number of rotatable bonds is 22. The minimum Gasteiger partial charge on any atom is -0.376 e. The molecule has 742 valence electrons. The van der Waals surface area contributed by atoms with E-state index in [0.29, 0.717) is 140 Å². The van der Waals surface area contributed by atoms with E-state index in [1.165, 1.54) is 68.0 Å². The lowest BCUT2D eigenvalue weighted by Crippen LogP contribution is -2.58. The van der Waals surface area contributed by atoms with Crippen molar-refractivity contribution < 1.29 is 37.5 Å².